The van der Waals surface area contributed by atoms with Crippen LogP contribution >= 0.6 is 11.6 Å². The van der Waals surface area contributed by atoms with E-state index in [1.54, 1.807) is 0 Å². The highest BCUT2D eigenvalue weighted by Gasteiger charge is 2.27. The quantitative estimate of drug-likeness (QED) is 0.663. The molecular weight excluding hydrogens is 258 g/mol. The molecule has 96 valence electrons. The Labute approximate surface area is 109 Å². The normalized spacial score (nSPS) is 11.7. The highest BCUT2D eigenvalue weighted by atomic mass is 35.5. The van der Waals surface area contributed by atoms with Crippen molar-refractivity contribution in [3.63, 3.8) is 0 Å². The van der Waals surface area contributed by atoms with Gasteiger partial charge in [0.15, 0.2) is 0 Å². The molecule has 1 amide bonds. The third-order valence-electron chi connectivity index (χ3n) is 2.56. The monoisotopic (exact) mass is 269 g/mol. The maximum atomic E-state index is 11.8. The summed E-state index contributed by atoms with van der Waals surface area (Å²) in [5.41, 5.74) is 0.175. The van der Waals surface area contributed by atoms with E-state index in [2.05, 4.69) is 0 Å². The van der Waals surface area contributed by atoms with Crippen molar-refractivity contribution in [1.29, 1.82) is 0 Å². The Balaban J connectivity index is 2.87. The van der Waals surface area contributed by atoms with Crippen molar-refractivity contribution < 1.29 is 19.5 Å². The third-order valence-corrected chi connectivity index (χ3v) is 2.81. The number of amides is 1. The minimum atomic E-state index is -1.17. The van der Waals surface area contributed by atoms with Crippen LogP contribution < -0.4 is 0 Å². The second-order valence-electron chi connectivity index (χ2n) is 3.77. The van der Waals surface area contributed by atoms with Gasteiger partial charge < -0.3 is 10.0 Å². The number of carbonyl (C=O) groups excluding carboxylic acids is 2. The summed E-state index contributed by atoms with van der Waals surface area (Å²) in [5.74, 6) is -2.80. The van der Waals surface area contributed by atoms with E-state index in [-0.39, 0.29) is 5.56 Å². The number of likely N-dealkylation sites (N-methyl/N-ethyl adjacent to an activating group) is 1. The first kappa shape index (κ1) is 14.2. The number of carbonyl (C=O) groups is 3. The number of carboxylic acid groups (broad SMARTS) is 1. The zero-order chi connectivity index (χ0) is 13.9. The van der Waals surface area contributed by atoms with Gasteiger partial charge in [-0.2, -0.15) is 0 Å². The molecule has 0 radical (unpaired) electrons. The Hall–Kier alpha value is -1.88. The molecule has 1 unspecified atom stereocenters. The lowest BCUT2D eigenvalue weighted by Crippen LogP contribution is -2.43. The maximum absolute atomic E-state index is 11.8. The molecule has 0 aliphatic carbocycles. The van der Waals surface area contributed by atoms with E-state index in [9.17, 15) is 14.4 Å². The number of aliphatic carboxylic acids is 1. The summed E-state index contributed by atoms with van der Waals surface area (Å²) in [4.78, 5) is 35.2. The molecule has 1 atom stereocenters. The summed E-state index contributed by atoms with van der Waals surface area (Å²) in [6.07, 6.45) is 0. The molecular formula is C12H12ClNO4. The Morgan fingerprint density at radius 1 is 1.22 bits per heavy atom. The molecule has 6 heteroatoms. The van der Waals surface area contributed by atoms with Gasteiger partial charge in [-0.15, -0.1) is 0 Å². The first-order valence-electron chi connectivity index (χ1n) is 5.14. The van der Waals surface area contributed by atoms with Crippen molar-refractivity contribution >= 4 is 29.3 Å². The molecule has 0 aromatic heterocycles. The first-order chi connectivity index (χ1) is 8.34. The molecule has 1 N–H and O–H groups in total. The van der Waals surface area contributed by atoms with Crippen LogP contribution in [0.4, 0.5) is 0 Å². The molecule has 1 aromatic rings. The summed E-state index contributed by atoms with van der Waals surface area (Å²) in [6.45, 7) is 1.33. The molecule has 0 heterocycles. The van der Waals surface area contributed by atoms with Crippen molar-refractivity contribution in [2.75, 3.05) is 7.05 Å². The van der Waals surface area contributed by atoms with Crippen molar-refractivity contribution in [2.24, 2.45) is 0 Å². The molecule has 0 saturated heterocycles. The van der Waals surface area contributed by atoms with Crippen molar-refractivity contribution in [3.8, 4) is 0 Å². The fraction of sp³-hybridized carbons (Fsp3) is 0.250. The lowest BCUT2D eigenvalue weighted by Gasteiger charge is -2.20. The number of rotatable bonds is 4. The highest BCUT2D eigenvalue weighted by Crippen LogP contribution is 2.11. The van der Waals surface area contributed by atoms with E-state index in [1.807, 2.05) is 0 Å². The number of ketones is 1. The van der Waals surface area contributed by atoms with Crippen LogP contribution in [-0.4, -0.2) is 40.8 Å². The second kappa shape index (κ2) is 5.64. The van der Waals surface area contributed by atoms with Gasteiger partial charge in [0, 0.05) is 17.6 Å². The molecule has 0 spiro atoms. The number of hydrogen-bond donors (Lipinski definition) is 1. The smallest absolute Gasteiger partial charge is 0.326 e. The predicted octanol–water partition coefficient (Wildman–Crippen LogP) is 1.45. The average Bonchev–Trinajstić information content (AvgIpc) is 2.36. The van der Waals surface area contributed by atoms with Gasteiger partial charge in [-0.3, -0.25) is 9.59 Å². The Bertz CT molecular complexity index is 483. The van der Waals surface area contributed by atoms with Gasteiger partial charge in [-0.05, 0) is 31.2 Å². The van der Waals surface area contributed by atoms with Crippen molar-refractivity contribution in [2.45, 2.75) is 13.0 Å². The lowest BCUT2D eigenvalue weighted by atomic mass is 10.1. The van der Waals surface area contributed by atoms with Crippen LogP contribution in [0.2, 0.25) is 5.02 Å². The SMILES string of the molecule is CC(C(=O)O)N(C)C(=O)C(=O)c1ccc(Cl)cc1. The molecule has 0 fully saturated rings. The number of carboxylic acids is 1. The fourth-order valence-corrected chi connectivity index (χ4v) is 1.35. The van der Waals surface area contributed by atoms with E-state index >= 15 is 0 Å². The predicted molar refractivity (Wildman–Crippen MR) is 65.7 cm³/mol. The fourth-order valence-electron chi connectivity index (χ4n) is 1.23. The lowest BCUT2D eigenvalue weighted by molar-refractivity contribution is -0.146. The summed E-state index contributed by atoms with van der Waals surface area (Å²) in [6, 6.07) is 4.75. The summed E-state index contributed by atoms with van der Waals surface area (Å²) in [5, 5.41) is 9.22. The van der Waals surface area contributed by atoms with Gasteiger partial charge in [-0.1, -0.05) is 11.6 Å². The van der Waals surface area contributed by atoms with E-state index < -0.39 is 23.7 Å². The van der Waals surface area contributed by atoms with Crippen molar-refractivity contribution in [3.05, 3.63) is 34.9 Å². The Kier molecular flexibility index (Phi) is 4.44. The second-order valence-corrected chi connectivity index (χ2v) is 4.20. The number of hydrogen-bond acceptors (Lipinski definition) is 3. The highest BCUT2D eigenvalue weighted by molar-refractivity contribution is 6.43. The Morgan fingerprint density at radius 2 is 1.72 bits per heavy atom. The molecule has 0 saturated carbocycles. The number of benzene rings is 1. The molecule has 0 bridgehead atoms. The molecule has 0 aliphatic rings. The first-order valence-corrected chi connectivity index (χ1v) is 5.52. The van der Waals surface area contributed by atoms with E-state index in [0.717, 1.165) is 4.90 Å². The third kappa shape index (κ3) is 3.07. The Morgan fingerprint density at radius 3 is 2.17 bits per heavy atom. The molecule has 1 rings (SSSR count). The van der Waals surface area contributed by atoms with E-state index in [4.69, 9.17) is 16.7 Å². The average molecular weight is 270 g/mol. The van der Waals surface area contributed by atoms with Crippen LogP contribution in [0.1, 0.15) is 17.3 Å². The van der Waals surface area contributed by atoms with Crippen LogP contribution in [0, 0.1) is 0 Å². The number of nitrogens with zero attached hydrogens (tertiary/aromatic N) is 1. The summed E-state index contributed by atoms with van der Waals surface area (Å²) in [7, 11) is 1.27. The topological polar surface area (TPSA) is 74.7 Å². The standard InChI is InChI=1S/C12H12ClNO4/c1-7(12(17)18)14(2)11(16)10(15)8-3-5-9(13)6-4-8/h3-7H,1-2H3,(H,17,18). The molecule has 18 heavy (non-hydrogen) atoms. The molecule has 1 aromatic carbocycles. The van der Waals surface area contributed by atoms with Gasteiger partial charge >= 0.3 is 5.97 Å². The van der Waals surface area contributed by atoms with Gasteiger partial charge in [0.2, 0.25) is 5.78 Å². The van der Waals surface area contributed by atoms with Gasteiger partial charge in [0.1, 0.15) is 6.04 Å². The van der Waals surface area contributed by atoms with Gasteiger partial charge in [0.05, 0.1) is 0 Å². The van der Waals surface area contributed by atoms with Crippen LogP contribution in [-0.2, 0) is 9.59 Å². The minimum Gasteiger partial charge on any atom is -0.480 e. The van der Waals surface area contributed by atoms with Crippen LogP contribution in [0.3, 0.4) is 0 Å². The largest absolute Gasteiger partial charge is 0.480 e. The zero-order valence-corrected chi connectivity index (χ0v) is 10.6. The van der Waals surface area contributed by atoms with Gasteiger partial charge in [-0.25, -0.2) is 4.79 Å². The van der Waals surface area contributed by atoms with Crippen LogP contribution in [0.25, 0.3) is 0 Å². The van der Waals surface area contributed by atoms with Gasteiger partial charge in [0.25, 0.3) is 5.91 Å². The molecule has 5 nitrogen and oxygen atoms in total. The van der Waals surface area contributed by atoms with E-state index in [0.29, 0.717) is 5.02 Å². The number of halogens is 1. The zero-order valence-electron chi connectivity index (χ0n) is 9.88. The summed E-state index contributed by atoms with van der Waals surface area (Å²) < 4.78 is 0. The van der Waals surface area contributed by atoms with Crippen molar-refractivity contribution in [1.82, 2.24) is 4.90 Å². The number of Topliss-reactive ketones (excluding diaryl/α,β-unsaturated/α-hetero) is 1. The minimum absolute atomic E-state index is 0.175. The van der Waals surface area contributed by atoms with E-state index in [1.165, 1.54) is 38.2 Å². The molecule has 0 aliphatic heterocycles. The summed E-state index contributed by atoms with van der Waals surface area (Å²) >= 11 is 5.67. The maximum Gasteiger partial charge on any atom is 0.326 e. The van der Waals surface area contributed by atoms with Crippen LogP contribution in [0.15, 0.2) is 24.3 Å². The van der Waals surface area contributed by atoms with Crippen LogP contribution in [0.5, 0.6) is 0 Å².